The van der Waals surface area contributed by atoms with Gasteiger partial charge in [0.05, 0.1) is 6.10 Å². The summed E-state index contributed by atoms with van der Waals surface area (Å²) in [7, 11) is 0. The van der Waals surface area contributed by atoms with Crippen LogP contribution in [0.3, 0.4) is 0 Å². The van der Waals surface area contributed by atoms with Crippen LogP contribution in [0.5, 0.6) is 0 Å². The minimum Gasteiger partial charge on any atom is -0.389 e. The first kappa shape index (κ1) is 12.3. The Bertz CT molecular complexity index is 480. The molecule has 0 radical (unpaired) electrons. The third-order valence-electron chi connectivity index (χ3n) is 8.43. The molecule has 4 saturated carbocycles. The van der Waals surface area contributed by atoms with Crippen molar-refractivity contribution in [2.45, 2.75) is 70.8 Å². The maximum atomic E-state index is 9.90. The van der Waals surface area contributed by atoms with E-state index >= 15 is 0 Å². The molecular weight excluding hydrogens is 244 g/mol. The van der Waals surface area contributed by atoms with Gasteiger partial charge in [-0.1, -0.05) is 18.6 Å². The van der Waals surface area contributed by atoms with Crippen LogP contribution in [0.2, 0.25) is 0 Å². The van der Waals surface area contributed by atoms with E-state index in [1.807, 2.05) is 0 Å². The zero-order valence-corrected chi connectivity index (χ0v) is 12.8. The van der Waals surface area contributed by atoms with Gasteiger partial charge in [0.25, 0.3) is 0 Å². The monoisotopic (exact) mass is 272 g/mol. The molecule has 0 aromatic rings. The second-order valence-corrected chi connectivity index (χ2v) is 8.94. The van der Waals surface area contributed by atoms with Crippen LogP contribution in [-0.4, -0.2) is 11.2 Å². The van der Waals surface area contributed by atoms with Gasteiger partial charge in [-0.25, -0.2) is 0 Å². The molecule has 0 heterocycles. The molecule has 0 aromatic heterocycles. The fraction of sp³-hybridized carbons (Fsp3) is 0.895. The smallest absolute Gasteiger partial charge is 0.0723 e. The van der Waals surface area contributed by atoms with Crippen molar-refractivity contribution in [1.82, 2.24) is 0 Å². The fourth-order valence-corrected chi connectivity index (χ4v) is 7.45. The van der Waals surface area contributed by atoms with E-state index < -0.39 is 0 Å². The first-order valence-corrected chi connectivity index (χ1v) is 9.02. The van der Waals surface area contributed by atoms with Crippen LogP contribution in [0.15, 0.2) is 11.6 Å². The summed E-state index contributed by atoms with van der Waals surface area (Å²) >= 11 is 0. The Morgan fingerprint density at radius 3 is 2.80 bits per heavy atom. The van der Waals surface area contributed by atoms with Crippen LogP contribution in [0, 0.1) is 34.5 Å². The predicted molar refractivity (Wildman–Crippen MR) is 80.1 cm³/mol. The second-order valence-electron chi connectivity index (χ2n) is 8.94. The number of hydrogen-bond acceptors (Lipinski definition) is 1. The molecule has 5 aliphatic rings. The highest BCUT2D eigenvalue weighted by atomic mass is 16.3. The molecule has 0 aromatic carbocycles. The molecule has 1 spiro atoms. The van der Waals surface area contributed by atoms with Gasteiger partial charge in [0.15, 0.2) is 0 Å². The van der Waals surface area contributed by atoms with E-state index in [0.29, 0.717) is 0 Å². The van der Waals surface area contributed by atoms with Crippen molar-refractivity contribution < 1.29 is 5.11 Å². The quantitative estimate of drug-likeness (QED) is 0.651. The van der Waals surface area contributed by atoms with Crippen molar-refractivity contribution >= 4 is 0 Å². The summed E-state index contributed by atoms with van der Waals surface area (Å²) in [6, 6.07) is 0. The molecule has 0 saturated heterocycles. The third kappa shape index (κ3) is 1.34. The molecule has 0 amide bonds. The van der Waals surface area contributed by atoms with E-state index in [0.717, 1.165) is 40.9 Å². The van der Waals surface area contributed by atoms with Crippen LogP contribution >= 0.6 is 0 Å². The zero-order valence-electron chi connectivity index (χ0n) is 12.8. The lowest BCUT2D eigenvalue weighted by Gasteiger charge is -2.51. The Hall–Kier alpha value is -0.300. The molecule has 20 heavy (non-hydrogen) atoms. The summed E-state index contributed by atoms with van der Waals surface area (Å²) in [5, 5.41) is 9.90. The van der Waals surface area contributed by atoms with Gasteiger partial charge in [-0.2, -0.15) is 0 Å². The molecule has 5 aliphatic carbocycles. The van der Waals surface area contributed by atoms with E-state index in [9.17, 15) is 5.11 Å². The highest BCUT2D eigenvalue weighted by Gasteiger charge is 2.73. The van der Waals surface area contributed by atoms with Crippen LogP contribution in [-0.2, 0) is 0 Å². The van der Waals surface area contributed by atoms with Crippen LogP contribution in [0.4, 0.5) is 0 Å². The van der Waals surface area contributed by atoms with Gasteiger partial charge in [0.2, 0.25) is 0 Å². The average molecular weight is 272 g/mol. The summed E-state index contributed by atoms with van der Waals surface area (Å²) in [4.78, 5) is 0. The van der Waals surface area contributed by atoms with E-state index in [4.69, 9.17) is 0 Å². The van der Waals surface area contributed by atoms with Crippen LogP contribution in [0.25, 0.3) is 0 Å². The average Bonchev–Trinajstić information content (AvgIpc) is 2.91. The van der Waals surface area contributed by atoms with Crippen molar-refractivity contribution in [1.29, 1.82) is 0 Å². The van der Waals surface area contributed by atoms with Gasteiger partial charge < -0.3 is 5.11 Å². The highest BCUT2D eigenvalue weighted by molar-refractivity contribution is 5.26. The van der Waals surface area contributed by atoms with E-state index in [1.165, 1.54) is 44.9 Å². The highest BCUT2D eigenvalue weighted by Crippen LogP contribution is 2.81. The van der Waals surface area contributed by atoms with Crippen LogP contribution in [0.1, 0.15) is 64.7 Å². The molecule has 1 nitrogen and oxygen atoms in total. The van der Waals surface area contributed by atoms with Crippen LogP contribution < -0.4 is 0 Å². The van der Waals surface area contributed by atoms with E-state index in [-0.39, 0.29) is 6.10 Å². The number of fused-ring (bicyclic) bond motifs is 4. The van der Waals surface area contributed by atoms with Crippen molar-refractivity contribution in [3.8, 4) is 0 Å². The Balaban J connectivity index is 1.46. The number of allylic oxidation sites excluding steroid dienone is 1. The van der Waals surface area contributed by atoms with Crippen molar-refractivity contribution in [2.75, 3.05) is 0 Å². The summed E-state index contributed by atoms with van der Waals surface area (Å²) in [6.07, 6.45) is 14.7. The summed E-state index contributed by atoms with van der Waals surface area (Å²) in [6.45, 7) is 2.58. The summed E-state index contributed by atoms with van der Waals surface area (Å²) in [5.74, 6) is 3.92. The largest absolute Gasteiger partial charge is 0.389 e. The Morgan fingerprint density at radius 2 is 1.95 bits per heavy atom. The van der Waals surface area contributed by atoms with E-state index in [2.05, 4.69) is 13.0 Å². The van der Waals surface area contributed by atoms with E-state index in [1.54, 1.807) is 12.0 Å². The molecule has 4 fully saturated rings. The predicted octanol–water partition coefficient (Wildman–Crippen LogP) is 4.31. The minimum atomic E-state index is -0.133. The standard InChI is InChI=1S/C19H28O/c1-18-8-7-17-16-4-2-12-10-13(20)3-5-14(12)15(16)6-9-19(17,18)11-18/h10,13-17,20H,2-9,11H2,1H3/t13?,14-,15?,16?,17?,18?,19+/m0/s1. The molecule has 110 valence electrons. The third-order valence-corrected chi connectivity index (χ3v) is 8.43. The summed E-state index contributed by atoms with van der Waals surface area (Å²) in [5.41, 5.74) is 3.18. The first-order valence-electron chi connectivity index (χ1n) is 9.02. The fourth-order valence-electron chi connectivity index (χ4n) is 7.45. The molecule has 5 rings (SSSR count). The van der Waals surface area contributed by atoms with Gasteiger partial charge >= 0.3 is 0 Å². The van der Waals surface area contributed by atoms with Gasteiger partial charge in [-0.3, -0.25) is 0 Å². The Kier molecular flexibility index (Phi) is 2.28. The molecule has 5 unspecified atom stereocenters. The zero-order chi connectivity index (χ0) is 13.5. The van der Waals surface area contributed by atoms with Gasteiger partial charge in [0, 0.05) is 0 Å². The maximum Gasteiger partial charge on any atom is 0.0723 e. The first-order chi connectivity index (χ1) is 9.63. The number of hydrogen-bond donors (Lipinski definition) is 1. The van der Waals surface area contributed by atoms with Crippen molar-refractivity contribution in [3.05, 3.63) is 11.6 Å². The number of aliphatic hydroxyl groups excluding tert-OH is 1. The lowest BCUT2D eigenvalue weighted by molar-refractivity contribution is 0.0187. The number of rotatable bonds is 0. The Morgan fingerprint density at radius 1 is 1.05 bits per heavy atom. The molecule has 0 bridgehead atoms. The molecule has 7 atom stereocenters. The number of aliphatic hydroxyl groups is 1. The lowest BCUT2D eigenvalue weighted by atomic mass is 9.54. The van der Waals surface area contributed by atoms with Crippen molar-refractivity contribution in [3.63, 3.8) is 0 Å². The van der Waals surface area contributed by atoms with Crippen molar-refractivity contribution in [2.24, 2.45) is 34.5 Å². The maximum absolute atomic E-state index is 9.90. The molecular formula is C19H28O. The second kappa shape index (κ2) is 3.72. The van der Waals surface area contributed by atoms with Gasteiger partial charge in [-0.15, -0.1) is 0 Å². The molecule has 1 heteroatoms. The molecule has 1 N–H and O–H groups in total. The molecule has 0 aliphatic heterocycles. The van der Waals surface area contributed by atoms with Gasteiger partial charge in [0.1, 0.15) is 0 Å². The SMILES string of the molecule is CC12CCC3C4CCC5=CC(O)CC[C@@H]5C4CC[C@@]31C2. The Labute approximate surface area is 122 Å². The topological polar surface area (TPSA) is 20.2 Å². The lowest BCUT2D eigenvalue weighted by Crippen LogP contribution is -2.43. The normalized spacial score (nSPS) is 59.9. The minimum absolute atomic E-state index is 0.133. The van der Waals surface area contributed by atoms with Gasteiger partial charge in [-0.05, 0) is 92.3 Å². The summed E-state index contributed by atoms with van der Waals surface area (Å²) < 4.78 is 0.